The van der Waals surface area contributed by atoms with Gasteiger partial charge in [0.1, 0.15) is 0 Å². The van der Waals surface area contributed by atoms with Gasteiger partial charge in [-0.15, -0.1) is 0 Å². The lowest BCUT2D eigenvalue weighted by Crippen LogP contribution is -2.41. The fourth-order valence-corrected chi connectivity index (χ4v) is 1.20. The van der Waals surface area contributed by atoms with Crippen LogP contribution < -0.4 is 21.3 Å². The Morgan fingerprint density at radius 1 is 0.750 bits per heavy atom. The van der Waals surface area contributed by atoms with Crippen LogP contribution in [0.4, 0.5) is 0 Å². The van der Waals surface area contributed by atoms with E-state index in [-0.39, 0.29) is 13.2 Å². The first-order valence-electron chi connectivity index (χ1n) is 5.46. The predicted molar refractivity (Wildman–Crippen MR) is 68.5 cm³/mol. The highest BCUT2D eigenvalue weighted by Crippen LogP contribution is 1.67. The molecule has 0 saturated heterocycles. The van der Waals surface area contributed by atoms with Crippen LogP contribution in [0.15, 0.2) is 0 Å². The summed E-state index contributed by atoms with van der Waals surface area (Å²) >= 11 is 5.03. The number of aliphatic hydroxyl groups is 2. The molecule has 0 aliphatic carbocycles. The van der Waals surface area contributed by atoms with Crippen molar-refractivity contribution in [1.82, 2.24) is 21.3 Å². The lowest BCUT2D eigenvalue weighted by atomic mass is 10.5. The number of aliphatic hydroxyl groups excluding tert-OH is 2. The Bertz CT molecular complexity index is 156. The van der Waals surface area contributed by atoms with Gasteiger partial charge in [0.05, 0.1) is 13.2 Å². The summed E-state index contributed by atoms with van der Waals surface area (Å²) in [5.41, 5.74) is 0. The average Bonchev–Trinajstić information content (AvgIpc) is 2.28. The Balaban J connectivity index is 3.12. The van der Waals surface area contributed by atoms with Gasteiger partial charge in [-0.1, -0.05) is 0 Å². The Morgan fingerprint density at radius 2 is 1.19 bits per heavy atom. The zero-order valence-corrected chi connectivity index (χ0v) is 10.3. The maximum Gasteiger partial charge on any atom is 0.166 e. The molecule has 0 aromatic carbocycles. The number of hydrogen-bond acceptors (Lipinski definition) is 5. The second-order valence-corrected chi connectivity index (χ2v) is 3.54. The fourth-order valence-electron chi connectivity index (χ4n) is 0.999. The molecule has 0 amide bonds. The minimum atomic E-state index is 0.152. The molecule has 0 unspecified atom stereocenters. The first-order valence-corrected chi connectivity index (χ1v) is 5.87. The van der Waals surface area contributed by atoms with Gasteiger partial charge < -0.3 is 31.5 Å². The molecule has 0 aliphatic heterocycles. The Labute approximate surface area is 102 Å². The van der Waals surface area contributed by atoms with Gasteiger partial charge in [0.2, 0.25) is 0 Å². The molecule has 0 aromatic rings. The average molecular weight is 250 g/mol. The minimum Gasteiger partial charge on any atom is -0.395 e. The van der Waals surface area contributed by atoms with E-state index in [1.165, 1.54) is 0 Å². The van der Waals surface area contributed by atoms with Gasteiger partial charge in [0.25, 0.3) is 0 Å². The van der Waals surface area contributed by atoms with Crippen molar-refractivity contribution in [3.05, 3.63) is 0 Å². The zero-order valence-electron chi connectivity index (χ0n) is 9.46. The van der Waals surface area contributed by atoms with Crippen LogP contribution in [0, 0.1) is 0 Å². The Morgan fingerprint density at radius 3 is 1.56 bits per heavy atom. The molecule has 0 bridgehead atoms. The van der Waals surface area contributed by atoms with E-state index in [1.807, 2.05) is 0 Å². The first kappa shape index (κ1) is 15.5. The van der Waals surface area contributed by atoms with Crippen molar-refractivity contribution in [2.75, 3.05) is 52.5 Å². The van der Waals surface area contributed by atoms with Crippen LogP contribution in [0.2, 0.25) is 0 Å². The highest BCUT2D eigenvalue weighted by Gasteiger charge is 1.93. The van der Waals surface area contributed by atoms with Crippen LogP contribution in [0.25, 0.3) is 0 Å². The quantitative estimate of drug-likeness (QED) is 0.191. The topological polar surface area (TPSA) is 88.6 Å². The second-order valence-electron chi connectivity index (χ2n) is 3.13. The lowest BCUT2D eigenvalue weighted by molar-refractivity contribution is 0.293. The van der Waals surface area contributed by atoms with Gasteiger partial charge in [0, 0.05) is 39.3 Å². The van der Waals surface area contributed by atoms with Crippen molar-refractivity contribution < 1.29 is 10.2 Å². The van der Waals surface area contributed by atoms with Crippen LogP contribution in [0.5, 0.6) is 0 Å². The smallest absolute Gasteiger partial charge is 0.166 e. The van der Waals surface area contributed by atoms with Gasteiger partial charge in [-0.05, 0) is 12.2 Å². The van der Waals surface area contributed by atoms with Gasteiger partial charge in [-0.3, -0.25) is 0 Å². The highest BCUT2D eigenvalue weighted by atomic mass is 32.1. The minimum absolute atomic E-state index is 0.152. The molecule has 0 aliphatic rings. The van der Waals surface area contributed by atoms with E-state index < -0.39 is 0 Å². The third-order valence-corrected chi connectivity index (χ3v) is 2.04. The zero-order chi connectivity index (χ0) is 12.1. The monoisotopic (exact) mass is 250 g/mol. The van der Waals surface area contributed by atoms with Crippen molar-refractivity contribution in [2.24, 2.45) is 0 Å². The van der Waals surface area contributed by atoms with Gasteiger partial charge in [-0.25, -0.2) is 0 Å². The highest BCUT2D eigenvalue weighted by molar-refractivity contribution is 7.80. The molecule has 0 spiro atoms. The van der Waals surface area contributed by atoms with Crippen molar-refractivity contribution in [2.45, 2.75) is 0 Å². The molecule has 96 valence electrons. The number of thiocarbonyl (C=S) groups is 1. The molecule has 16 heavy (non-hydrogen) atoms. The molecule has 0 fully saturated rings. The molecule has 6 nitrogen and oxygen atoms in total. The summed E-state index contributed by atoms with van der Waals surface area (Å²) in [6.45, 7) is 4.51. The molecule has 0 rings (SSSR count). The molecule has 7 heteroatoms. The van der Waals surface area contributed by atoms with E-state index in [2.05, 4.69) is 21.3 Å². The maximum atomic E-state index is 8.52. The van der Waals surface area contributed by atoms with Crippen molar-refractivity contribution in [3.63, 3.8) is 0 Å². The van der Waals surface area contributed by atoms with E-state index in [4.69, 9.17) is 22.4 Å². The summed E-state index contributed by atoms with van der Waals surface area (Å²) in [6, 6.07) is 0. The van der Waals surface area contributed by atoms with Crippen LogP contribution in [-0.4, -0.2) is 67.8 Å². The van der Waals surface area contributed by atoms with Gasteiger partial charge in [-0.2, -0.15) is 0 Å². The molecular formula is C9H22N4O2S. The summed E-state index contributed by atoms with van der Waals surface area (Å²) in [7, 11) is 0. The Kier molecular flexibility index (Phi) is 12.2. The summed E-state index contributed by atoms with van der Waals surface area (Å²) in [6.07, 6.45) is 0. The van der Waals surface area contributed by atoms with Crippen molar-refractivity contribution >= 4 is 17.3 Å². The van der Waals surface area contributed by atoms with E-state index in [0.29, 0.717) is 18.2 Å². The number of rotatable bonds is 10. The van der Waals surface area contributed by atoms with Crippen LogP contribution in [-0.2, 0) is 0 Å². The molecule has 6 N–H and O–H groups in total. The summed E-state index contributed by atoms with van der Waals surface area (Å²) in [5.74, 6) is 0. The third kappa shape index (κ3) is 11.6. The molecule has 0 aromatic heterocycles. The number of hydrogen-bond donors (Lipinski definition) is 6. The van der Waals surface area contributed by atoms with Crippen molar-refractivity contribution in [3.8, 4) is 0 Å². The fraction of sp³-hybridized carbons (Fsp3) is 0.889. The SMILES string of the molecule is OCCNCCNC(=S)NCCNCCO. The largest absolute Gasteiger partial charge is 0.395 e. The van der Waals surface area contributed by atoms with Crippen LogP contribution in [0.3, 0.4) is 0 Å². The van der Waals surface area contributed by atoms with Gasteiger partial charge in [0.15, 0.2) is 5.11 Å². The summed E-state index contributed by atoms with van der Waals surface area (Å²) in [5, 5.41) is 29.8. The lowest BCUT2D eigenvalue weighted by Gasteiger charge is -2.10. The van der Waals surface area contributed by atoms with Crippen LogP contribution >= 0.6 is 12.2 Å². The normalized spacial score (nSPS) is 10.1. The predicted octanol–water partition coefficient (Wildman–Crippen LogP) is -2.39. The third-order valence-electron chi connectivity index (χ3n) is 1.75. The molecule has 0 saturated carbocycles. The van der Waals surface area contributed by atoms with E-state index in [0.717, 1.165) is 26.2 Å². The molecule has 0 atom stereocenters. The molecule has 0 radical (unpaired) electrons. The van der Waals surface area contributed by atoms with Gasteiger partial charge >= 0.3 is 0 Å². The first-order chi connectivity index (χ1) is 7.81. The van der Waals surface area contributed by atoms with E-state index >= 15 is 0 Å². The van der Waals surface area contributed by atoms with E-state index in [9.17, 15) is 0 Å². The van der Waals surface area contributed by atoms with E-state index in [1.54, 1.807) is 0 Å². The Hall–Kier alpha value is -0.470. The maximum absolute atomic E-state index is 8.52. The van der Waals surface area contributed by atoms with Crippen LogP contribution in [0.1, 0.15) is 0 Å². The molecule has 0 heterocycles. The van der Waals surface area contributed by atoms with Crippen molar-refractivity contribution in [1.29, 1.82) is 0 Å². The second kappa shape index (κ2) is 12.6. The summed E-state index contributed by atoms with van der Waals surface area (Å²) in [4.78, 5) is 0. The number of nitrogens with one attached hydrogen (secondary N) is 4. The molecular weight excluding hydrogens is 228 g/mol. The standard InChI is InChI=1S/C9H22N4O2S/c14-7-5-10-1-3-12-9(16)13-4-2-11-6-8-15/h10-11,14-15H,1-8H2,(H2,12,13,16). The summed E-state index contributed by atoms with van der Waals surface area (Å²) < 4.78 is 0.